The van der Waals surface area contributed by atoms with E-state index in [0.717, 1.165) is 56.1 Å². The number of carbonyl (C=O) groups excluding carboxylic acids is 2. The van der Waals surface area contributed by atoms with E-state index in [-0.39, 0.29) is 35.8 Å². The molecule has 0 N–H and O–H groups in total. The first-order valence-corrected chi connectivity index (χ1v) is 13.2. The van der Waals surface area contributed by atoms with Gasteiger partial charge in [0.15, 0.2) is 12.3 Å². The van der Waals surface area contributed by atoms with Gasteiger partial charge in [0.2, 0.25) is 0 Å². The minimum Gasteiger partial charge on any atom is -0.483 e. The number of halogens is 1. The fraction of sp³-hybridized carbons (Fsp3) is 0.481. The van der Waals surface area contributed by atoms with E-state index in [1.54, 1.807) is 16.8 Å². The molecular weight excluding hydrogens is 489 g/mol. The molecule has 38 heavy (non-hydrogen) atoms. The minimum atomic E-state index is -0.532. The SMILES string of the molecule is CN1CCN(C)c2cc(N3CCC3)nc3cc(nn23)C2CCCCN2C(=O)c2cc(F)ccc2OCC1=O. The summed E-state index contributed by atoms with van der Waals surface area (Å²) in [4.78, 5) is 39.3. The first-order chi connectivity index (χ1) is 18.4. The Morgan fingerprint density at radius 3 is 2.55 bits per heavy atom. The van der Waals surface area contributed by atoms with Crippen LogP contribution in [0.4, 0.5) is 16.0 Å². The Hall–Kier alpha value is -3.89. The van der Waals surface area contributed by atoms with Crippen LogP contribution >= 0.6 is 0 Å². The second-order valence-corrected chi connectivity index (χ2v) is 10.3. The molecule has 2 fully saturated rings. The van der Waals surface area contributed by atoms with Crippen molar-refractivity contribution < 1.29 is 18.7 Å². The number of likely N-dealkylation sites (N-methyl/N-ethyl adjacent to an activating group) is 2. The molecule has 1 unspecified atom stereocenters. The number of amides is 2. The van der Waals surface area contributed by atoms with Crippen molar-refractivity contribution in [1.29, 1.82) is 0 Å². The van der Waals surface area contributed by atoms with E-state index in [1.807, 2.05) is 23.7 Å². The van der Waals surface area contributed by atoms with Gasteiger partial charge in [-0.05, 0) is 43.9 Å². The quantitative estimate of drug-likeness (QED) is 0.487. The summed E-state index contributed by atoms with van der Waals surface area (Å²) < 4.78 is 21.9. The predicted molar refractivity (Wildman–Crippen MR) is 140 cm³/mol. The maximum absolute atomic E-state index is 14.3. The van der Waals surface area contributed by atoms with Crippen LogP contribution in [0.25, 0.3) is 5.65 Å². The molecule has 10 nitrogen and oxygen atoms in total. The summed E-state index contributed by atoms with van der Waals surface area (Å²) in [5.74, 6) is 0.870. The number of carbonyl (C=O) groups is 2. The molecule has 0 radical (unpaired) electrons. The normalized spacial score (nSPS) is 20.9. The van der Waals surface area contributed by atoms with E-state index in [2.05, 4.69) is 9.80 Å². The zero-order chi connectivity index (χ0) is 26.4. The monoisotopic (exact) mass is 521 g/mol. The van der Waals surface area contributed by atoms with Gasteiger partial charge in [-0.1, -0.05) is 0 Å². The molecule has 2 amide bonds. The van der Waals surface area contributed by atoms with Gasteiger partial charge in [-0.15, -0.1) is 0 Å². The lowest BCUT2D eigenvalue weighted by molar-refractivity contribution is -0.131. The average Bonchev–Trinajstić information content (AvgIpc) is 3.32. The van der Waals surface area contributed by atoms with Gasteiger partial charge in [-0.2, -0.15) is 9.61 Å². The zero-order valence-electron chi connectivity index (χ0n) is 21.8. The van der Waals surface area contributed by atoms with Gasteiger partial charge in [0, 0.05) is 59.0 Å². The number of rotatable bonds is 1. The molecule has 1 aromatic carbocycles. The van der Waals surface area contributed by atoms with Crippen LogP contribution in [-0.4, -0.2) is 89.6 Å². The Morgan fingerprint density at radius 1 is 0.947 bits per heavy atom. The number of ether oxygens (including phenoxy) is 1. The standard InChI is InChI=1S/C27H32FN7O3/c1-31-12-13-32(2)26(36)17-38-22-8-7-18(28)14-19(22)27(37)34-11-4-3-6-21(34)20-15-24-29-23(33-9-5-10-33)16-25(31)35(24)30-20/h7-8,14-16,21H,3-6,9-13,17H2,1-2H3. The van der Waals surface area contributed by atoms with Crippen molar-refractivity contribution in [3.05, 3.63) is 47.4 Å². The molecule has 5 heterocycles. The number of piperidine rings is 1. The van der Waals surface area contributed by atoms with Gasteiger partial charge in [-0.3, -0.25) is 9.59 Å². The lowest BCUT2D eigenvalue weighted by Crippen LogP contribution is -2.40. The van der Waals surface area contributed by atoms with Crippen LogP contribution in [0.15, 0.2) is 30.3 Å². The summed E-state index contributed by atoms with van der Waals surface area (Å²) in [7, 11) is 3.70. The molecule has 2 saturated heterocycles. The number of fused-ring (bicyclic) bond motifs is 4. The number of hydrogen-bond donors (Lipinski definition) is 0. The summed E-state index contributed by atoms with van der Waals surface area (Å²) in [6, 6.07) is 7.59. The number of hydrogen-bond acceptors (Lipinski definition) is 7. The second-order valence-electron chi connectivity index (χ2n) is 10.3. The van der Waals surface area contributed by atoms with Crippen molar-refractivity contribution in [2.24, 2.45) is 0 Å². The molecule has 2 bridgehead atoms. The van der Waals surface area contributed by atoms with E-state index in [1.165, 1.54) is 18.2 Å². The molecule has 0 spiro atoms. The molecule has 0 saturated carbocycles. The van der Waals surface area contributed by atoms with E-state index in [9.17, 15) is 14.0 Å². The minimum absolute atomic E-state index is 0.113. The van der Waals surface area contributed by atoms with Gasteiger partial charge < -0.3 is 24.3 Å². The predicted octanol–water partition coefficient (Wildman–Crippen LogP) is 2.73. The van der Waals surface area contributed by atoms with Crippen LogP contribution in [-0.2, 0) is 4.79 Å². The highest BCUT2D eigenvalue weighted by Crippen LogP contribution is 2.35. The summed E-state index contributed by atoms with van der Waals surface area (Å²) in [5, 5.41) is 4.96. The zero-order valence-corrected chi connectivity index (χ0v) is 21.8. The number of nitrogens with zero attached hydrogens (tertiary/aromatic N) is 7. The number of anilines is 2. The van der Waals surface area contributed by atoms with E-state index < -0.39 is 5.82 Å². The Labute approximate surface area is 220 Å². The first-order valence-electron chi connectivity index (χ1n) is 13.2. The third-order valence-electron chi connectivity index (χ3n) is 7.81. The second kappa shape index (κ2) is 9.77. The van der Waals surface area contributed by atoms with Gasteiger partial charge in [-0.25, -0.2) is 9.37 Å². The van der Waals surface area contributed by atoms with Crippen molar-refractivity contribution in [3.63, 3.8) is 0 Å². The molecule has 1 atom stereocenters. The summed E-state index contributed by atoms with van der Waals surface area (Å²) in [6.45, 7) is 3.24. The molecule has 3 aliphatic heterocycles. The van der Waals surface area contributed by atoms with Gasteiger partial charge >= 0.3 is 0 Å². The van der Waals surface area contributed by atoms with Crippen LogP contribution < -0.4 is 14.5 Å². The Balaban J connectivity index is 1.48. The topological polar surface area (TPSA) is 86.5 Å². The highest BCUT2D eigenvalue weighted by Gasteiger charge is 2.33. The number of aromatic nitrogens is 3. The van der Waals surface area contributed by atoms with Crippen LogP contribution in [0.3, 0.4) is 0 Å². The molecule has 3 aromatic rings. The van der Waals surface area contributed by atoms with Gasteiger partial charge in [0.1, 0.15) is 23.2 Å². The number of benzene rings is 1. The van der Waals surface area contributed by atoms with Crippen LogP contribution in [0.1, 0.15) is 47.8 Å². The Kier molecular flexibility index (Phi) is 6.29. The van der Waals surface area contributed by atoms with Crippen molar-refractivity contribution in [3.8, 4) is 5.75 Å². The molecule has 3 aliphatic rings. The van der Waals surface area contributed by atoms with Gasteiger partial charge in [0.05, 0.1) is 17.3 Å². The van der Waals surface area contributed by atoms with Crippen molar-refractivity contribution >= 4 is 29.1 Å². The van der Waals surface area contributed by atoms with Crippen LogP contribution in [0.2, 0.25) is 0 Å². The van der Waals surface area contributed by atoms with E-state index in [0.29, 0.717) is 25.3 Å². The Morgan fingerprint density at radius 2 is 1.76 bits per heavy atom. The average molecular weight is 522 g/mol. The molecule has 6 rings (SSSR count). The molecular formula is C27H32FN7O3. The summed E-state index contributed by atoms with van der Waals surface area (Å²) in [5.41, 5.74) is 1.59. The van der Waals surface area contributed by atoms with Gasteiger partial charge in [0.25, 0.3) is 11.8 Å². The fourth-order valence-corrected chi connectivity index (χ4v) is 5.33. The highest BCUT2D eigenvalue weighted by molar-refractivity contribution is 5.97. The van der Waals surface area contributed by atoms with Crippen LogP contribution in [0.5, 0.6) is 5.75 Å². The highest BCUT2D eigenvalue weighted by atomic mass is 19.1. The molecule has 200 valence electrons. The van der Waals surface area contributed by atoms with Crippen LogP contribution in [0, 0.1) is 5.82 Å². The maximum Gasteiger partial charge on any atom is 0.260 e. The summed E-state index contributed by atoms with van der Waals surface area (Å²) in [6.07, 6.45) is 3.68. The molecule has 0 aliphatic carbocycles. The van der Waals surface area contributed by atoms with Crippen molar-refractivity contribution in [2.45, 2.75) is 31.7 Å². The molecule has 2 aromatic heterocycles. The maximum atomic E-state index is 14.3. The Bertz CT molecular complexity index is 1390. The first kappa shape index (κ1) is 24.4. The van der Waals surface area contributed by atoms with Crippen molar-refractivity contribution in [2.75, 3.05) is 63.2 Å². The van der Waals surface area contributed by atoms with E-state index in [4.69, 9.17) is 14.8 Å². The van der Waals surface area contributed by atoms with E-state index >= 15 is 0 Å². The lowest BCUT2D eigenvalue weighted by atomic mass is 9.98. The molecule has 11 heteroatoms. The fourth-order valence-electron chi connectivity index (χ4n) is 5.33. The lowest BCUT2D eigenvalue weighted by Gasteiger charge is -2.35. The summed E-state index contributed by atoms with van der Waals surface area (Å²) >= 11 is 0. The largest absolute Gasteiger partial charge is 0.483 e. The smallest absolute Gasteiger partial charge is 0.260 e. The third kappa shape index (κ3) is 4.39. The van der Waals surface area contributed by atoms with Crippen molar-refractivity contribution in [1.82, 2.24) is 24.4 Å². The third-order valence-corrected chi connectivity index (χ3v) is 7.81.